The SMILES string of the molecule is CCC(C)(C)P(Cc1cccc2ccccc12)C(C)(C)CC. The average Bonchev–Trinajstić information content (AvgIpc) is 2.52. The highest BCUT2D eigenvalue weighted by Gasteiger charge is 2.38. The van der Waals surface area contributed by atoms with Gasteiger partial charge in [0.2, 0.25) is 0 Å². The van der Waals surface area contributed by atoms with E-state index in [0.717, 1.165) is 0 Å². The Morgan fingerprint density at radius 1 is 0.773 bits per heavy atom. The van der Waals surface area contributed by atoms with Gasteiger partial charge in [-0.25, -0.2) is 0 Å². The second-order valence-electron chi connectivity index (χ2n) is 7.56. The molecule has 0 fully saturated rings. The Kier molecular flexibility index (Phi) is 5.33. The van der Waals surface area contributed by atoms with Crippen LogP contribution in [0.2, 0.25) is 0 Å². The lowest BCUT2D eigenvalue weighted by atomic mass is 10.1. The van der Waals surface area contributed by atoms with Gasteiger partial charge in [-0.1, -0.05) is 91.9 Å². The third kappa shape index (κ3) is 3.54. The summed E-state index contributed by atoms with van der Waals surface area (Å²) in [6, 6.07) is 15.6. The monoisotopic (exact) mass is 314 g/mol. The second-order valence-corrected chi connectivity index (χ2v) is 11.1. The van der Waals surface area contributed by atoms with Crippen molar-refractivity contribution in [1.29, 1.82) is 0 Å². The minimum atomic E-state index is -0.0969. The van der Waals surface area contributed by atoms with Gasteiger partial charge in [-0.3, -0.25) is 0 Å². The Bertz CT molecular complexity index is 603. The van der Waals surface area contributed by atoms with Crippen LogP contribution in [0.1, 0.15) is 59.9 Å². The molecule has 0 aromatic heterocycles. The molecule has 0 amide bonds. The molecule has 0 N–H and O–H groups in total. The molecule has 2 aromatic rings. The summed E-state index contributed by atoms with van der Waals surface area (Å²) in [5.41, 5.74) is 1.53. The zero-order valence-electron chi connectivity index (χ0n) is 15.1. The van der Waals surface area contributed by atoms with Crippen LogP contribution in [0.3, 0.4) is 0 Å². The zero-order chi connectivity index (χ0) is 16.4. The summed E-state index contributed by atoms with van der Waals surface area (Å²) in [6.07, 6.45) is 3.75. The van der Waals surface area contributed by atoms with E-state index < -0.39 is 0 Å². The van der Waals surface area contributed by atoms with Crippen molar-refractivity contribution in [3.63, 3.8) is 0 Å². The van der Waals surface area contributed by atoms with Gasteiger partial charge in [-0.05, 0) is 45.7 Å². The summed E-state index contributed by atoms with van der Waals surface area (Å²) < 4.78 is 0. The zero-order valence-corrected chi connectivity index (χ0v) is 16.0. The summed E-state index contributed by atoms with van der Waals surface area (Å²) in [6.45, 7) is 14.6. The molecule has 0 unspecified atom stereocenters. The molecule has 0 heterocycles. The first-order valence-electron chi connectivity index (χ1n) is 8.56. The molecule has 0 nitrogen and oxygen atoms in total. The highest BCUT2D eigenvalue weighted by Crippen LogP contribution is 2.64. The van der Waals surface area contributed by atoms with Gasteiger partial charge >= 0.3 is 0 Å². The van der Waals surface area contributed by atoms with Crippen molar-refractivity contribution in [1.82, 2.24) is 0 Å². The van der Waals surface area contributed by atoms with Crippen molar-refractivity contribution >= 4 is 18.7 Å². The molecule has 1 heteroatoms. The fraction of sp³-hybridized carbons (Fsp3) is 0.524. The van der Waals surface area contributed by atoms with Crippen LogP contribution in [-0.4, -0.2) is 10.3 Å². The summed E-state index contributed by atoms with van der Waals surface area (Å²) in [7, 11) is -0.0969. The van der Waals surface area contributed by atoms with Crippen molar-refractivity contribution in [2.75, 3.05) is 0 Å². The predicted molar refractivity (Wildman–Crippen MR) is 103 cm³/mol. The summed E-state index contributed by atoms with van der Waals surface area (Å²) in [5.74, 6) is 0. The molecule has 2 aromatic carbocycles. The van der Waals surface area contributed by atoms with Crippen LogP contribution >= 0.6 is 7.92 Å². The first-order valence-corrected chi connectivity index (χ1v) is 10.1. The van der Waals surface area contributed by atoms with Gasteiger partial charge < -0.3 is 0 Å². The Morgan fingerprint density at radius 2 is 1.32 bits per heavy atom. The number of hydrogen-bond acceptors (Lipinski definition) is 0. The van der Waals surface area contributed by atoms with Crippen LogP contribution in [0.5, 0.6) is 0 Å². The first-order chi connectivity index (χ1) is 10.3. The Balaban J connectivity index is 2.46. The van der Waals surface area contributed by atoms with E-state index in [1.807, 2.05) is 0 Å². The van der Waals surface area contributed by atoms with Crippen molar-refractivity contribution in [2.24, 2.45) is 0 Å². The lowest BCUT2D eigenvalue weighted by molar-refractivity contribution is 0.601. The summed E-state index contributed by atoms with van der Waals surface area (Å²) in [4.78, 5) is 0. The largest absolute Gasteiger partial charge is 0.0906 e. The normalized spacial score (nSPS) is 13.0. The Morgan fingerprint density at radius 3 is 1.91 bits per heavy atom. The molecule has 0 radical (unpaired) electrons. The van der Waals surface area contributed by atoms with E-state index in [4.69, 9.17) is 0 Å². The molecule has 0 aliphatic carbocycles. The molecule has 22 heavy (non-hydrogen) atoms. The second kappa shape index (κ2) is 6.71. The summed E-state index contributed by atoms with van der Waals surface area (Å²) >= 11 is 0. The van der Waals surface area contributed by atoms with Crippen LogP contribution in [0.25, 0.3) is 10.8 Å². The van der Waals surface area contributed by atoms with Crippen LogP contribution < -0.4 is 0 Å². The van der Waals surface area contributed by atoms with Gasteiger partial charge in [0.25, 0.3) is 0 Å². The molecule has 2 rings (SSSR count). The van der Waals surface area contributed by atoms with Crippen LogP contribution in [0.4, 0.5) is 0 Å². The quantitative estimate of drug-likeness (QED) is 0.494. The van der Waals surface area contributed by atoms with E-state index in [9.17, 15) is 0 Å². The maximum absolute atomic E-state index is 2.47. The van der Waals surface area contributed by atoms with Gasteiger partial charge in [0.1, 0.15) is 0 Å². The van der Waals surface area contributed by atoms with Crippen LogP contribution in [-0.2, 0) is 6.16 Å². The number of benzene rings is 2. The van der Waals surface area contributed by atoms with Gasteiger partial charge in [0.15, 0.2) is 0 Å². The average molecular weight is 314 g/mol. The van der Waals surface area contributed by atoms with Crippen LogP contribution in [0.15, 0.2) is 42.5 Å². The fourth-order valence-electron chi connectivity index (χ4n) is 3.23. The molecule has 0 spiro atoms. The highest BCUT2D eigenvalue weighted by molar-refractivity contribution is 7.60. The van der Waals surface area contributed by atoms with Gasteiger partial charge in [0, 0.05) is 0 Å². The topological polar surface area (TPSA) is 0 Å². The maximum Gasteiger partial charge on any atom is -0.00573 e. The molecule has 0 atom stereocenters. The van der Waals surface area contributed by atoms with Gasteiger partial charge in [-0.2, -0.15) is 0 Å². The minimum absolute atomic E-state index is 0.0969. The molecule has 120 valence electrons. The molecule has 0 bridgehead atoms. The molecule has 0 aliphatic rings. The first kappa shape index (κ1) is 17.5. The lowest BCUT2D eigenvalue weighted by Gasteiger charge is -2.45. The van der Waals surface area contributed by atoms with E-state index in [1.54, 1.807) is 0 Å². The highest BCUT2D eigenvalue weighted by atomic mass is 31.1. The smallest absolute Gasteiger partial charge is 0.00573 e. The van der Waals surface area contributed by atoms with Crippen molar-refractivity contribution in [3.05, 3.63) is 48.0 Å². The van der Waals surface area contributed by atoms with Crippen LogP contribution in [0, 0.1) is 0 Å². The van der Waals surface area contributed by atoms with E-state index in [0.29, 0.717) is 10.3 Å². The minimum Gasteiger partial charge on any atom is -0.0906 e. The molecule has 0 saturated heterocycles. The molecular formula is C21H31P. The number of fused-ring (bicyclic) bond motifs is 1. The van der Waals surface area contributed by atoms with E-state index in [1.165, 1.54) is 35.3 Å². The van der Waals surface area contributed by atoms with E-state index >= 15 is 0 Å². The Hall–Kier alpha value is -0.870. The third-order valence-electron chi connectivity index (χ3n) is 5.40. The summed E-state index contributed by atoms with van der Waals surface area (Å²) in [5, 5.41) is 3.66. The molecular weight excluding hydrogens is 283 g/mol. The van der Waals surface area contributed by atoms with E-state index in [2.05, 4.69) is 84.0 Å². The van der Waals surface area contributed by atoms with Crippen molar-refractivity contribution in [2.45, 2.75) is 70.9 Å². The fourth-order valence-corrected chi connectivity index (χ4v) is 7.10. The van der Waals surface area contributed by atoms with Gasteiger partial charge in [0.05, 0.1) is 0 Å². The van der Waals surface area contributed by atoms with Crippen molar-refractivity contribution in [3.8, 4) is 0 Å². The van der Waals surface area contributed by atoms with Gasteiger partial charge in [-0.15, -0.1) is 0 Å². The number of hydrogen-bond donors (Lipinski definition) is 0. The maximum atomic E-state index is 2.47. The van der Waals surface area contributed by atoms with Crippen molar-refractivity contribution < 1.29 is 0 Å². The molecule has 0 saturated carbocycles. The standard InChI is InChI=1S/C21H31P/c1-7-20(3,4)22(21(5,6)8-2)16-18-14-11-13-17-12-9-10-15-19(17)18/h9-15H,7-8,16H2,1-6H3. The number of rotatable bonds is 6. The van der Waals surface area contributed by atoms with E-state index in [-0.39, 0.29) is 7.92 Å². The molecule has 0 aliphatic heterocycles. The predicted octanol–water partition coefficient (Wildman–Crippen LogP) is 7.20. The Labute approximate surface area is 138 Å². The third-order valence-corrected chi connectivity index (χ3v) is 9.61. The lowest BCUT2D eigenvalue weighted by Crippen LogP contribution is -2.30.